The summed E-state index contributed by atoms with van der Waals surface area (Å²) in [5.41, 5.74) is -0.407. The molecule has 1 aromatic heterocycles. The Balaban J connectivity index is 3.41. The highest BCUT2D eigenvalue weighted by molar-refractivity contribution is 14.1. The molecule has 14 heavy (non-hydrogen) atoms. The number of hydrogen-bond acceptors (Lipinski definition) is 2. The molecule has 7 heteroatoms. The minimum absolute atomic E-state index is 0.0759. The van der Waals surface area contributed by atoms with Crippen LogP contribution in [0.2, 0.25) is 0 Å². The van der Waals surface area contributed by atoms with Crippen LogP contribution < -0.4 is 0 Å². The molecule has 1 aromatic rings. The fraction of sp³-hybridized carbons (Fsp3) is 0.143. The van der Waals surface area contributed by atoms with Gasteiger partial charge >= 0.3 is 0 Å². The van der Waals surface area contributed by atoms with Gasteiger partial charge in [-0.15, -0.1) is 0 Å². The number of carbonyl (C=O) groups excluding carboxylic acids is 1. The van der Waals surface area contributed by atoms with Gasteiger partial charge in [0.1, 0.15) is 5.69 Å². The molecule has 0 aliphatic heterocycles. The van der Waals surface area contributed by atoms with Crippen molar-refractivity contribution in [2.75, 3.05) is 0 Å². The van der Waals surface area contributed by atoms with Gasteiger partial charge in [-0.2, -0.15) is 0 Å². The van der Waals surface area contributed by atoms with Crippen LogP contribution in [0.25, 0.3) is 0 Å². The van der Waals surface area contributed by atoms with E-state index in [9.17, 15) is 13.6 Å². The van der Waals surface area contributed by atoms with E-state index in [1.54, 1.807) is 22.6 Å². The first-order chi connectivity index (χ1) is 6.45. The molecular weight excluding hydrogens is 394 g/mol. The molecule has 1 rings (SSSR count). The van der Waals surface area contributed by atoms with Crippen molar-refractivity contribution in [3.8, 4) is 0 Å². The first-order valence-corrected chi connectivity index (χ1v) is 5.52. The summed E-state index contributed by atoms with van der Waals surface area (Å²) < 4.78 is 25.3. The highest BCUT2D eigenvalue weighted by Gasteiger charge is 2.21. The molecule has 0 atom stereocenters. The van der Waals surface area contributed by atoms with E-state index in [1.165, 1.54) is 0 Å². The third-order valence-corrected chi connectivity index (χ3v) is 3.32. The summed E-state index contributed by atoms with van der Waals surface area (Å²) in [6.45, 7) is 0. The average Bonchev–Trinajstić information content (AvgIpc) is 2.02. The molecular formula is C7H2BrClF2INO. The summed E-state index contributed by atoms with van der Waals surface area (Å²) in [6.07, 6.45) is -1.53. The Labute approximate surface area is 105 Å². The maximum atomic E-state index is 12.5. The van der Waals surface area contributed by atoms with Crippen molar-refractivity contribution in [1.29, 1.82) is 0 Å². The number of rotatable bonds is 2. The fourth-order valence-electron chi connectivity index (χ4n) is 0.817. The summed E-state index contributed by atoms with van der Waals surface area (Å²) in [6, 6.07) is 0. The molecule has 2 nitrogen and oxygen atoms in total. The van der Waals surface area contributed by atoms with Crippen LogP contribution in [-0.4, -0.2) is 10.2 Å². The van der Waals surface area contributed by atoms with Gasteiger partial charge < -0.3 is 0 Å². The lowest BCUT2D eigenvalue weighted by atomic mass is 10.2. The second kappa shape index (κ2) is 4.80. The molecule has 0 aromatic carbocycles. The van der Waals surface area contributed by atoms with Gasteiger partial charge in [-0.25, -0.2) is 13.8 Å². The van der Waals surface area contributed by atoms with Crippen LogP contribution in [0.15, 0.2) is 10.7 Å². The van der Waals surface area contributed by atoms with Gasteiger partial charge in [0.15, 0.2) is 0 Å². The van der Waals surface area contributed by atoms with Crippen LogP contribution in [0.3, 0.4) is 0 Å². The first-order valence-electron chi connectivity index (χ1n) is 3.27. The van der Waals surface area contributed by atoms with Crippen LogP contribution in [-0.2, 0) is 0 Å². The monoisotopic (exact) mass is 395 g/mol. The zero-order chi connectivity index (χ0) is 10.9. The molecule has 0 saturated carbocycles. The zero-order valence-corrected chi connectivity index (χ0v) is 10.9. The minimum atomic E-state index is -2.67. The molecule has 0 unspecified atom stereocenters. The van der Waals surface area contributed by atoms with Crippen LogP contribution in [0, 0.1) is 3.57 Å². The first kappa shape index (κ1) is 12.3. The van der Waals surface area contributed by atoms with Gasteiger partial charge in [-0.3, -0.25) is 4.79 Å². The molecule has 0 amide bonds. The van der Waals surface area contributed by atoms with Crippen LogP contribution in [0.4, 0.5) is 8.78 Å². The largest absolute Gasteiger partial charge is 0.274 e. The van der Waals surface area contributed by atoms with Gasteiger partial charge in [0.2, 0.25) is 0 Å². The van der Waals surface area contributed by atoms with E-state index in [0.717, 1.165) is 6.20 Å². The molecule has 0 saturated heterocycles. The lowest BCUT2D eigenvalue weighted by molar-refractivity contribution is 0.107. The van der Waals surface area contributed by atoms with E-state index in [0.29, 0.717) is 0 Å². The summed E-state index contributed by atoms with van der Waals surface area (Å²) in [4.78, 5) is 14.4. The smallest absolute Gasteiger partial charge is 0.271 e. The van der Waals surface area contributed by atoms with Gasteiger partial charge in [0.25, 0.3) is 11.7 Å². The van der Waals surface area contributed by atoms with E-state index < -0.39 is 11.7 Å². The van der Waals surface area contributed by atoms with Gasteiger partial charge in [0.05, 0.1) is 3.57 Å². The highest BCUT2D eigenvalue weighted by atomic mass is 127. The molecule has 0 N–H and O–H groups in total. The SMILES string of the molecule is O=C(Cl)c1ncc(Br)c(C(F)F)c1I. The van der Waals surface area contributed by atoms with Crippen molar-refractivity contribution < 1.29 is 13.6 Å². The molecule has 0 fully saturated rings. The van der Waals surface area contributed by atoms with Crippen molar-refractivity contribution in [2.45, 2.75) is 6.43 Å². The van der Waals surface area contributed by atoms with Crippen molar-refractivity contribution in [1.82, 2.24) is 4.98 Å². The van der Waals surface area contributed by atoms with Crippen molar-refractivity contribution in [3.05, 3.63) is 25.5 Å². The number of carbonyl (C=O) groups is 1. The number of nitrogens with zero attached hydrogens (tertiary/aromatic N) is 1. The Hall–Kier alpha value is 0.180. The fourth-order valence-corrected chi connectivity index (χ4v) is 2.87. The quantitative estimate of drug-likeness (QED) is 0.563. The van der Waals surface area contributed by atoms with E-state index in [1.807, 2.05) is 0 Å². The lowest BCUT2D eigenvalue weighted by Crippen LogP contribution is -2.03. The standard InChI is InChI=1S/C7H2BrClF2INO/c8-2-1-13-5(6(9)14)4(12)3(2)7(10)11/h1,7H. The Kier molecular flexibility index (Phi) is 4.20. The molecule has 76 valence electrons. The summed E-state index contributed by atoms with van der Waals surface area (Å²) >= 11 is 9.72. The van der Waals surface area contributed by atoms with Gasteiger partial charge in [0, 0.05) is 16.2 Å². The lowest BCUT2D eigenvalue weighted by Gasteiger charge is -2.07. The molecule has 0 bridgehead atoms. The topological polar surface area (TPSA) is 30.0 Å². The molecule has 0 aliphatic rings. The number of aromatic nitrogens is 1. The Bertz CT molecular complexity index is 388. The zero-order valence-electron chi connectivity index (χ0n) is 6.40. The van der Waals surface area contributed by atoms with Crippen molar-refractivity contribution >= 4 is 55.4 Å². The molecule has 0 radical (unpaired) electrons. The molecule has 1 heterocycles. The van der Waals surface area contributed by atoms with E-state index in [2.05, 4.69) is 20.9 Å². The molecule has 0 spiro atoms. The van der Waals surface area contributed by atoms with Crippen molar-refractivity contribution in [3.63, 3.8) is 0 Å². The predicted molar refractivity (Wildman–Crippen MR) is 59.8 cm³/mol. The van der Waals surface area contributed by atoms with Crippen LogP contribution >= 0.6 is 50.1 Å². The van der Waals surface area contributed by atoms with Crippen LogP contribution in [0.5, 0.6) is 0 Å². The normalized spacial score (nSPS) is 10.7. The third-order valence-electron chi connectivity index (χ3n) is 1.41. The predicted octanol–water partition coefficient (Wildman–Crippen LogP) is 3.77. The van der Waals surface area contributed by atoms with E-state index >= 15 is 0 Å². The second-order valence-corrected chi connectivity index (χ2v) is 4.53. The Morgan fingerprint density at radius 3 is 2.64 bits per heavy atom. The van der Waals surface area contributed by atoms with E-state index in [-0.39, 0.29) is 19.3 Å². The van der Waals surface area contributed by atoms with Gasteiger partial charge in [-0.1, -0.05) is 0 Å². The number of halogens is 5. The average molecular weight is 396 g/mol. The third kappa shape index (κ3) is 2.40. The number of alkyl halides is 2. The summed E-state index contributed by atoms with van der Waals surface area (Å²) in [7, 11) is 0. The van der Waals surface area contributed by atoms with E-state index in [4.69, 9.17) is 11.6 Å². The minimum Gasteiger partial charge on any atom is -0.274 e. The van der Waals surface area contributed by atoms with Gasteiger partial charge in [-0.05, 0) is 50.1 Å². The van der Waals surface area contributed by atoms with Crippen molar-refractivity contribution in [2.24, 2.45) is 0 Å². The maximum Gasteiger partial charge on any atom is 0.271 e. The van der Waals surface area contributed by atoms with Crippen LogP contribution in [0.1, 0.15) is 22.5 Å². The number of pyridine rings is 1. The number of hydrogen-bond donors (Lipinski definition) is 0. The summed E-state index contributed by atoms with van der Waals surface area (Å²) in [5.74, 6) is 0. The second-order valence-electron chi connectivity index (χ2n) is 2.26. The maximum absolute atomic E-state index is 12.5. The Morgan fingerprint density at radius 1 is 1.64 bits per heavy atom. The highest BCUT2D eigenvalue weighted by Crippen LogP contribution is 2.32. The molecule has 0 aliphatic carbocycles. The Morgan fingerprint density at radius 2 is 2.21 bits per heavy atom. The summed E-state index contributed by atoms with van der Waals surface area (Å²) in [5, 5.41) is -0.844.